The third-order valence-electron chi connectivity index (χ3n) is 4.03. The number of hydrogen-bond acceptors (Lipinski definition) is 2. The third-order valence-corrected chi connectivity index (χ3v) is 4.03. The summed E-state index contributed by atoms with van der Waals surface area (Å²) in [7, 11) is 0. The molecule has 1 aromatic carbocycles. The van der Waals surface area contributed by atoms with E-state index in [0.29, 0.717) is 17.5 Å². The van der Waals surface area contributed by atoms with Crippen LogP contribution in [0.5, 0.6) is 0 Å². The summed E-state index contributed by atoms with van der Waals surface area (Å²) in [5.74, 6) is -1.11. The van der Waals surface area contributed by atoms with E-state index in [9.17, 15) is 8.78 Å². The number of likely N-dealkylation sites (tertiary alicyclic amines) is 1. The molecule has 0 spiro atoms. The van der Waals surface area contributed by atoms with Crippen LogP contribution in [0.15, 0.2) is 18.2 Å². The van der Waals surface area contributed by atoms with Crippen LogP contribution in [0, 0.1) is 17.0 Å². The van der Waals surface area contributed by atoms with Crippen molar-refractivity contribution < 1.29 is 8.78 Å². The zero-order chi connectivity index (χ0) is 14.0. The molecule has 19 heavy (non-hydrogen) atoms. The summed E-state index contributed by atoms with van der Waals surface area (Å²) in [6.45, 7) is 7.14. The molecule has 1 fully saturated rings. The van der Waals surface area contributed by atoms with Gasteiger partial charge in [-0.1, -0.05) is 19.9 Å². The summed E-state index contributed by atoms with van der Waals surface area (Å²) >= 11 is 0. The first-order chi connectivity index (χ1) is 8.87. The predicted molar refractivity (Wildman–Crippen MR) is 72.7 cm³/mol. The molecule has 1 aliphatic rings. The summed E-state index contributed by atoms with van der Waals surface area (Å²) in [5.41, 5.74) is 6.83. The number of hydrogen-bond donors (Lipinski definition) is 1. The predicted octanol–water partition coefficient (Wildman–Crippen LogP) is 3.09. The lowest BCUT2D eigenvalue weighted by Crippen LogP contribution is -2.41. The van der Waals surface area contributed by atoms with E-state index in [-0.39, 0.29) is 0 Å². The number of nitrogens with zero attached hydrogens (tertiary/aromatic N) is 1. The van der Waals surface area contributed by atoms with Gasteiger partial charge in [0, 0.05) is 24.2 Å². The van der Waals surface area contributed by atoms with Crippen molar-refractivity contribution in [1.29, 1.82) is 0 Å². The van der Waals surface area contributed by atoms with Gasteiger partial charge in [-0.3, -0.25) is 0 Å². The van der Waals surface area contributed by atoms with E-state index in [1.54, 1.807) is 0 Å². The molecule has 0 radical (unpaired) electrons. The first-order valence-corrected chi connectivity index (χ1v) is 6.80. The maximum atomic E-state index is 13.6. The van der Waals surface area contributed by atoms with Crippen LogP contribution in [0.3, 0.4) is 0 Å². The Balaban J connectivity index is 1.96. The van der Waals surface area contributed by atoms with Crippen LogP contribution in [0.2, 0.25) is 0 Å². The molecule has 1 aliphatic heterocycles. The van der Waals surface area contributed by atoms with Gasteiger partial charge in [0.25, 0.3) is 0 Å². The van der Waals surface area contributed by atoms with Gasteiger partial charge in [-0.25, -0.2) is 8.78 Å². The number of nitrogens with two attached hydrogens (primary N) is 1. The van der Waals surface area contributed by atoms with Gasteiger partial charge < -0.3 is 10.6 Å². The average Bonchev–Trinajstić information content (AvgIpc) is 2.31. The van der Waals surface area contributed by atoms with E-state index in [1.807, 2.05) is 0 Å². The molecular weight excluding hydrogens is 246 g/mol. The van der Waals surface area contributed by atoms with Crippen molar-refractivity contribution in [2.75, 3.05) is 19.6 Å². The van der Waals surface area contributed by atoms with Gasteiger partial charge in [-0.15, -0.1) is 0 Å². The van der Waals surface area contributed by atoms with Gasteiger partial charge >= 0.3 is 0 Å². The smallest absolute Gasteiger partial charge is 0.130 e. The van der Waals surface area contributed by atoms with Crippen LogP contribution in [0.1, 0.15) is 38.3 Å². The summed E-state index contributed by atoms with van der Waals surface area (Å²) in [4.78, 5) is 2.26. The molecule has 1 saturated heterocycles. The van der Waals surface area contributed by atoms with E-state index in [1.165, 1.54) is 12.1 Å². The third kappa shape index (κ3) is 3.74. The van der Waals surface area contributed by atoms with E-state index < -0.39 is 17.7 Å². The minimum absolute atomic E-state index is 0.391. The highest BCUT2D eigenvalue weighted by Crippen LogP contribution is 2.30. The minimum Gasteiger partial charge on any atom is -0.323 e. The Labute approximate surface area is 113 Å². The molecule has 4 heteroatoms. The van der Waals surface area contributed by atoms with Gasteiger partial charge in [0.1, 0.15) is 11.6 Å². The van der Waals surface area contributed by atoms with Gasteiger partial charge in [0.15, 0.2) is 0 Å². The zero-order valence-electron chi connectivity index (χ0n) is 11.6. The van der Waals surface area contributed by atoms with Gasteiger partial charge in [0.05, 0.1) is 0 Å². The Kier molecular flexibility index (Phi) is 4.21. The van der Waals surface area contributed by atoms with Crippen LogP contribution in [-0.4, -0.2) is 24.5 Å². The Morgan fingerprint density at radius 2 is 1.89 bits per heavy atom. The molecule has 2 nitrogen and oxygen atoms in total. The number of halogens is 2. The lowest BCUT2D eigenvalue weighted by atomic mass is 9.82. The first kappa shape index (κ1) is 14.4. The van der Waals surface area contributed by atoms with Crippen molar-refractivity contribution in [2.24, 2.45) is 11.1 Å². The highest BCUT2D eigenvalue weighted by molar-refractivity contribution is 5.22. The molecule has 1 aromatic rings. The van der Waals surface area contributed by atoms with E-state index in [4.69, 9.17) is 5.73 Å². The monoisotopic (exact) mass is 268 g/mol. The maximum Gasteiger partial charge on any atom is 0.130 e. The van der Waals surface area contributed by atoms with Crippen molar-refractivity contribution in [3.8, 4) is 0 Å². The second-order valence-electron chi connectivity index (χ2n) is 6.24. The molecule has 1 heterocycles. The molecule has 0 saturated carbocycles. The molecule has 1 unspecified atom stereocenters. The molecule has 2 N–H and O–H groups in total. The van der Waals surface area contributed by atoms with Crippen molar-refractivity contribution in [3.63, 3.8) is 0 Å². The van der Waals surface area contributed by atoms with Crippen LogP contribution in [0.25, 0.3) is 0 Å². The van der Waals surface area contributed by atoms with Gasteiger partial charge in [0.2, 0.25) is 0 Å². The Morgan fingerprint density at radius 3 is 2.47 bits per heavy atom. The van der Waals surface area contributed by atoms with Crippen LogP contribution >= 0.6 is 0 Å². The average molecular weight is 268 g/mol. The fourth-order valence-electron chi connectivity index (χ4n) is 2.52. The molecule has 2 rings (SSSR count). The Morgan fingerprint density at radius 1 is 1.26 bits per heavy atom. The van der Waals surface area contributed by atoms with Crippen LogP contribution in [-0.2, 0) is 0 Å². The number of benzene rings is 1. The van der Waals surface area contributed by atoms with E-state index in [0.717, 1.165) is 32.0 Å². The fourth-order valence-corrected chi connectivity index (χ4v) is 2.52. The lowest BCUT2D eigenvalue weighted by molar-refractivity contribution is 0.126. The molecule has 0 amide bonds. The van der Waals surface area contributed by atoms with Crippen molar-refractivity contribution in [2.45, 2.75) is 32.7 Å². The topological polar surface area (TPSA) is 29.3 Å². The summed E-state index contributed by atoms with van der Waals surface area (Å²) < 4.78 is 26.5. The number of piperidine rings is 1. The number of rotatable bonds is 3. The van der Waals surface area contributed by atoms with Crippen molar-refractivity contribution >= 4 is 0 Å². The first-order valence-electron chi connectivity index (χ1n) is 6.80. The van der Waals surface area contributed by atoms with Crippen LogP contribution in [0.4, 0.5) is 8.78 Å². The van der Waals surface area contributed by atoms with E-state index in [2.05, 4.69) is 18.7 Å². The molecule has 106 valence electrons. The Hall–Kier alpha value is -1.00. The quantitative estimate of drug-likeness (QED) is 0.912. The van der Waals surface area contributed by atoms with Crippen LogP contribution < -0.4 is 5.73 Å². The minimum atomic E-state index is -0.562. The summed E-state index contributed by atoms with van der Waals surface area (Å²) in [6.07, 6.45) is 2.26. The maximum absolute atomic E-state index is 13.6. The van der Waals surface area contributed by atoms with Crippen molar-refractivity contribution in [1.82, 2.24) is 4.90 Å². The zero-order valence-corrected chi connectivity index (χ0v) is 11.6. The Bertz CT molecular complexity index is 436. The largest absolute Gasteiger partial charge is 0.323 e. The van der Waals surface area contributed by atoms with Crippen molar-refractivity contribution in [3.05, 3.63) is 35.4 Å². The summed E-state index contributed by atoms with van der Waals surface area (Å²) in [6, 6.07) is 3.21. The second kappa shape index (κ2) is 5.55. The SMILES string of the molecule is CC1(C)CCN(CC(N)c2ccc(F)cc2F)CC1. The van der Waals surface area contributed by atoms with Gasteiger partial charge in [-0.2, -0.15) is 0 Å². The highest BCUT2D eigenvalue weighted by Gasteiger charge is 2.26. The lowest BCUT2D eigenvalue weighted by Gasteiger charge is -2.38. The van der Waals surface area contributed by atoms with E-state index >= 15 is 0 Å². The molecule has 1 atom stereocenters. The molecular formula is C15H22F2N2. The van der Waals surface area contributed by atoms with Gasteiger partial charge in [-0.05, 0) is 37.4 Å². The normalized spacial score (nSPS) is 21.3. The summed E-state index contributed by atoms with van der Waals surface area (Å²) in [5, 5.41) is 0. The molecule has 0 aliphatic carbocycles. The standard InChI is InChI=1S/C15H22F2N2/c1-15(2)5-7-19(8-6-15)10-14(18)12-4-3-11(16)9-13(12)17/h3-4,9,14H,5-8,10,18H2,1-2H3. The fraction of sp³-hybridized carbons (Fsp3) is 0.600. The molecule has 0 bridgehead atoms. The second-order valence-corrected chi connectivity index (χ2v) is 6.24. The molecule has 0 aromatic heterocycles. The highest BCUT2D eigenvalue weighted by atomic mass is 19.1.